The molecular weight excluding hydrogens is 306 g/mol. The van der Waals surface area contributed by atoms with Gasteiger partial charge < -0.3 is 18.9 Å². The highest BCUT2D eigenvalue weighted by Crippen LogP contribution is 2.37. The zero-order valence-corrected chi connectivity index (χ0v) is 13.5. The number of benzene rings is 2. The Morgan fingerprint density at radius 2 is 1.62 bits per heavy atom. The topological polar surface area (TPSA) is 60.7 Å². The Hall–Kier alpha value is -3.13. The van der Waals surface area contributed by atoms with Crippen molar-refractivity contribution < 1.29 is 18.9 Å². The third-order valence-corrected chi connectivity index (χ3v) is 3.76. The quantitative estimate of drug-likeness (QED) is 0.807. The number of nitrogens with zero attached hydrogens (tertiary/aromatic N) is 1. The summed E-state index contributed by atoms with van der Waals surface area (Å²) >= 11 is 0. The second-order valence-corrected chi connectivity index (χ2v) is 5.12. The van der Waals surface area contributed by atoms with Gasteiger partial charge in [-0.2, -0.15) is 5.26 Å². The molecule has 1 aliphatic heterocycles. The first-order valence-electron chi connectivity index (χ1n) is 7.49. The average Bonchev–Trinajstić information content (AvgIpc) is 2.65. The van der Waals surface area contributed by atoms with Crippen LogP contribution in [0.2, 0.25) is 0 Å². The van der Waals surface area contributed by atoms with Gasteiger partial charge in [-0.25, -0.2) is 0 Å². The minimum Gasteiger partial charge on any atom is -0.493 e. The van der Waals surface area contributed by atoms with Crippen LogP contribution in [0.3, 0.4) is 0 Å². The molecule has 0 fully saturated rings. The first-order chi connectivity index (χ1) is 11.8. The Morgan fingerprint density at radius 3 is 2.33 bits per heavy atom. The number of hydrogen-bond acceptors (Lipinski definition) is 5. The minimum atomic E-state index is 0.518. The molecule has 0 aliphatic carbocycles. The molecule has 5 nitrogen and oxygen atoms in total. The fourth-order valence-corrected chi connectivity index (χ4v) is 2.61. The predicted octanol–water partition coefficient (Wildman–Crippen LogP) is 3.43. The van der Waals surface area contributed by atoms with Gasteiger partial charge in [0.05, 0.1) is 20.3 Å². The van der Waals surface area contributed by atoms with E-state index in [4.69, 9.17) is 18.9 Å². The van der Waals surface area contributed by atoms with Gasteiger partial charge in [0.25, 0.3) is 0 Å². The second kappa shape index (κ2) is 6.97. The van der Waals surface area contributed by atoms with Crippen LogP contribution >= 0.6 is 0 Å². The maximum absolute atomic E-state index is 9.19. The molecule has 0 spiro atoms. The van der Waals surface area contributed by atoms with Crippen LogP contribution in [0.15, 0.2) is 42.5 Å². The maximum Gasteiger partial charge on any atom is 0.161 e. The van der Waals surface area contributed by atoms with E-state index in [0.29, 0.717) is 36.2 Å². The number of allylic oxidation sites excluding steroid dienone is 1. The summed E-state index contributed by atoms with van der Waals surface area (Å²) in [5.74, 6) is 2.65. The molecule has 1 heterocycles. The molecule has 2 aromatic rings. The van der Waals surface area contributed by atoms with Crippen LogP contribution in [0.1, 0.15) is 11.1 Å². The molecule has 0 radical (unpaired) electrons. The van der Waals surface area contributed by atoms with Crippen LogP contribution < -0.4 is 18.9 Å². The number of rotatable bonds is 4. The smallest absolute Gasteiger partial charge is 0.161 e. The number of hydrogen-bond donors (Lipinski definition) is 0. The molecule has 0 amide bonds. The summed E-state index contributed by atoms with van der Waals surface area (Å²) in [5.41, 5.74) is 2.49. The molecule has 0 bridgehead atoms. The van der Waals surface area contributed by atoms with Crippen molar-refractivity contribution in [3.63, 3.8) is 0 Å². The Labute approximate surface area is 140 Å². The van der Waals surface area contributed by atoms with Gasteiger partial charge >= 0.3 is 0 Å². The van der Waals surface area contributed by atoms with Crippen LogP contribution in [-0.4, -0.2) is 27.4 Å². The number of methoxy groups -OCH3 is 2. The van der Waals surface area contributed by atoms with Gasteiger partial charge in [0.2, 0.25) is 0 Å². The standard InChI is InChI=1S/C19H17NO4/c1-21-16-5-3-13(11-18(16)22-2)15(7-8-20)14-4-6-17-19(12-14)24-10-9-23-17/h3-7,11-12H,9-10H2,1-2H3. The highest BCUT2D eigenvalue weighted by Gasteiger charge is 2.15. The molecule has 0 atom stereocenters. The highest BCUT2D eigenvalue weighted by atomic mass is 16.6. The summed E-state index contributed by atoms with van der Waals surface area (Å²) in [5, 5.41) is 9.19. The lowest BCUT2D eigenvalue weighted by Gasteiger charge is -2.19. The zero-order valence-electron chi connectivity index (χ0n) is 13.5. The van der Waals surface area contributed by atoms with Crippen LogP contribution in [0.5, 0.6) is 23.0 Å². The van der Waals surface area contributed by atoms with E-state index >= 15 is 0 Å². The molecular formula is C19H17NO4. The van der Waals surface area contributed by atoms with Crippen molar-refractivity contribution in [1.82, 2.24) is 0 Å². The minimum absolute atomic E-state index is 0.518. The van der Waals surface area contributed by atoms with Crippen molar-refractivity contribution in [2.75, 3.05) is 27.4 Å². The van der Waals surface area contributed by atoms with Gasteiger partial charge in [0.1, 0.15) is 13.2 Å². The molecule has 0 unspecified atom stereocenters. The van der Waals surface area contributed by atoms with Crippen LogP contribution in [-0.2, 0) is 0 Å². The lowest BCUT2D eigenvalue weighted by Crippen LogP contribution is -2.15. The van der Waals surface area contributed by atoms with E-state index in [2.05, 4.69) is 6.07 Å². The monoisotopic (exact) mass is 323 g/mol. The predicted molar refractivity (Wildman–Crippen MR) is 89.7 cm³/mol. The van der Waals surface area contributed by atoms with E-state index < -0.39 is 0 Å². The summed E-state index contributed by atoms with van der Waals surface area (Å²) in [4.78, 5) is 0. The van der Waals surface area contributed by atoms with Crippen LogP contribution in [0, 0.1) is 11.3 Å². The van der Waals surface area contributed by atoms with Gasteiger partial charge in [0, 0.05) is 6.08 Å². The Morgan fingerprint density at radius 1 is 0.958 bits per heavy atom. The van der Waals surface area contributed by atoms with Crippen molar-refractivity contribution in [2.24, 2.45) is 0 Å². The zero-order chi connectivity index (χ0) is 16.9. The van der Waals surface area contributed by atoms with Crippen molar-refractivity contribution in [2.45, 2.75) is 0 Å². The first kappa shape index (κ1) is 15.8. The summed E-state index contributed by atoms with van der Waals surface area (Å²) in [6.07, 6.45) is 1.51. The Bertz CT molecular complexity index is 779. The number of nitriles is 1. The van der Waals surface area contributed by atoms with Gasteiger partial charge in [-0.3, -0.25) is 0 Å². The molecule has 0 N–H and O–H groups in total. The van der Waals surface area contributed by atoms with Gasteiger partial charge in [-0.1, -0.05) is 12.1 Å². The molecule has 0 saturated carbocycles. The third-order valence-electron chi connectivity index (χ3n) is 3.76. The first-order valence-corrected chi connectivity index (χ1v) is 7.49. The lowest BCUT2D eigenvalue weighted by atomic mass is 9.97. The summed E-state index contributed by atoms with van der Waals surface area (Å²) in [6, 6.07) is 13.3. The van der Waals surface area contributed by atoms with Gasteiger partial charge in [-0.05, 0) is 41.0 Å². The van der Waals surface area contributed by atoms with Crippen molar-refractivity contribution >= 4 is 5.57 Å². The fraction of sp³-hybridized carbons (Fsp3) is 0.211. The lowest BCUT2D eigenvalue weighted by molar-refractivity contribution is 0.171. The van der Waals surface area contributed by atoms with E-state index in [1.54, 1.807) is 14.2 Å². The molecule has 2 aromatic carbocycles. The SMILES string of the molecule is COc1ccc(C(=CC#N)c2ccc3c(c2)OCCO3)cc1OC. The van der Waals surface area contributed by atoms with E-state index in [9.17, 15) is 5.26 Å². The second-order valence-electron chi connectivity index (χ2n) is 5.12. The molecule has 3 rings (SSSR count). The Balaban J connectivity index is 2.05. The van der Waals surface area contributed by atoms with Gasteiger partial charge in [0.15, 0.2) is 23.0 Å². The molecule has 24 heavy (non-hydrogen) atoms. The van der Waals surface area contributed by atoms with Crippen LogP contribution in [0.4, 0.5) is 0 Å². The fourth-order valence-electron chi connectivity index (χ4n) is 2.61. The average molecular weight is 323 g/mol. The Kier molecular flexibility index (Phi) is 4.57. The van der Waals surface area contributed by atoms with Gasteiger partial charge in [-0.15, -0.1) is 0 Å². The summed E-state index contributed by atoms with van der Waals surface area (Å²) < 4.78 is 21.8. The molecule has 0 saturated heterocycles. The number of fused-ring (bicyclic) bond motifs is 1. The van der Waals surface area contributed by atoms with E-state index in [-0.39, 0.29) is 0 Å². The van der Waals surface area contributed by atoms with E-state index in [1.165, 1.54) is 6.08 Å². The number of ether oxygens (including phenoxy) is 4. The third kappa shape index (κ3) is 2.99. The largest absolute Gasteiger partial charge is 0.493 e. The highest BCUT2D eigenvalue weighted by molar-refractivity contribution is 5.83. The summed E-state index contributed by atoms with van der Waals surface area (Å²) in [7, 11) is 3.17. The van der Waals surface area contributed by atoms with Crippen molar-refractivity contribution in [1.29, 1.82) is 5.26 Å². The van der Waals surface area contributed by atoms with Crippen molar-refractivity contribution in [3.8, 4) is 29.1 Å². The van der Waals surface area contributed by atoms with E-state index in [0.717, 1.165) is 16.7 Å². The normalized spacial score (nSPS) is 13.1. The van der Waals surface area contributed by atoms with Crippen molar-refractivity contribution in [3.05, 3.63) is 53.6 Å². The van der Waals surface area contributed by atoms with E-state index in [1.807, 2.05) is 36.4 Å². The maximum atomic E-state index is 9.19. The molecule has 1 aliphatic rings. The summed E-state index contributed by atoms with van der Waals surface area (Å²) in [6.45, 7) is 1.06. The molecule has 5 heteroatoms. The molecule has 0 aromatic heterocycles. The molecule has 122 valence electrons. The van der Waals surface area contributed by atoms with Crippen LogP contribution in [0.25, 0.3) is 5.57 Å².